The summed E-state index contributed by atoms with van der Waals surface area (Å²) in [7, 11) is 1.62. The normalized spacial score (nSPS) is 14.9. The van der Waals surface area contributed by atoms with Gasteiger partial charge in [0.25, 0.3) is 0 Å². The Morgan fingerprint density at radius 3 is 2.50 bits per heavy atom. The van der Waals surface area contributed by atoms with E-state index in [1.54, 1.807) is 25.2 Å². The van der Waals surface area contributed by atoms with Crippen LogP contribution in [0.3, 0.4) is 0 Å². The Morgan fingerprint density at radius 1 is 1.14 bits per heavy atom. The first-order chi connectivity index (χ1) is 13.1. The molecule has 0 radical (unpaired) electrons. The maximum atomic E-state index is 12.5. The van der Waals surface area contributed by atoms with Gasteiger partial charge in [0.2, 0.25) is 5.91 Å². The SMILES string of the molecule is CN=C(NCCNC(=O)C1CCCCC1)NCc1ccccc1OC(F)F.I. The molecule has 9 heteroatoms. The Morgan fingerprint density at radius 2 is 1.82 bits per heavy atom. The van der Waals surface area contributed by atoms with Crippen molar-refractivity contribution in [3.63, 3.8) is 0 Å². The third-order valence-corrected chi connectivity index (χ3v) is 4.55. The summed E-state index contributed by atoms with van der Waals surface area (Å²) in [5.74, 6) is 0.920. The molecule has 0 aliphatic heterocycles. The Hall–Kier alpha value is -1.65. The van der Waals surface area contributed by atoms with Crippen molar-refractivity contribution >= 4 is 35.8 Å². The molecule has 0 heterocycles. The monoisotopic (exact) mass is 510 g/mol. The summed E-state index contributed by atoms with van der Waals surface area (Å²) in [6.45, 7) is -1.55. The number of ether oxygens (including phenoxy) is 1. The van der Waals surface area contributed by atoms with Gasteiger partial charge in [-0.15, -0.1) is 24.0 Å². The van der Waals surface area contributed by atoms with Gasteiger partial charge in [-0.2, -0.15) is 8.78 Å². The summed E-state index contributed by atoms with van der Waals surface area (Å²) < 4.78 is 29.4. The van der Waals surface area contributed by atoms with E-state index in [2.05, 4.69) is 25.7 Å². The number of aliphatic imine (C=N–C) groups is 1. The van der Waals surface area contributed by atoms with E-state index >= 15 is 0 Å². The molecule has 0 spiro atoms. The second-order valence-electron chi connectivity index (χ2n) is 6.46. The number of alkyl halides is 2. The highest BCUT2D eigenvalue weighted by molar-refractivity contribution is 14.0. The summed E-state index contributed by atoms with van der Waals surface area (Å²) in [5.41, 5.74) is 0.603. The molecule has 1 aromatic rings. The van der Waals surface area contributed by atoms with Gasteiger partial charge in [0.15, 0.2) is 5.96 Å². The molecule has 1 saturated carbocycles. The third kappa shape index (κ3) is 8.57. The molecule has 28 heavy (non-hydrogen) atoms. The fraction of sp³-hybridized carbons (Fsp3) is 0.579. The van der Waals surface area contributed by atoms with Crippen LogP contribution in [0.1, 0.15) is 37.7 Å². The average molecular weight is 510 g/mol. The number of carbonyl (C=O) groups is 1. The van der Waals surface area contributed by atoms with Gasteiger partial charge in [-0.25, -0.2) is 0 Å². The Kier molecular flexibility index (Phi) is 11.8. The van der Waals surface area contributed by atoms with Crippen molar-refractivity contribution in [1.29, 1.82) is 0 Å². The number of halogens is 3. The molecule has 1 aromatic carbocycles. The molecule has 1 amide bonds. The average Bonchev–Trinajstić information content (AvgIpc) is 2.68. The lowest BCUT2D eigenvalue weighted by Gasteiger charge is -2.21. The van der Waals surface area contributed by atoms with Crippen LogP contribution in [-0.2, 0) is 11.3 Å². The van der Waals surface area contributed by atoms with Crippen molar-refractivity contribution in [3.05, 3.63) is 29.8 Å². The first kappa shape index (κ1) is 24.4. The van der Waals surface area contributed by atoms with Gasteiger partial charge in [0, 0.05) is 38.2 Å². The minimum absolute atomic E-state index is 0. The van der Waals surface area contributed by atoms with Crippen molar-refractivity contribution in [1.82, 2.24) is 16.0 Å². The number of hydrogen-bond acceptors (Lipinski definition) is 3. The van der Waals surface area contributed by atoms with E-state index in [1.807, 2.05) is 0 Å². The van der Waals surface area contributed by atoms with Crippen molar-refractivity contribution in [2.75, 3.05) is 20.1 Å². The van der Waals surface area contributed by atoms with Crippen molar-refractivity contribution in [2.24, 2.45) is 10.9 Å². The molecule has 6 nitrogen and oxygen atoms in total. The van der Waals surface area contributed by atoms with E-state index in [9.17, 15) is 13.6 Å². The van der Waals surface area contributed by atoms with Crippen LogP contribution >= 0.6 is 24.0 Å². The first-order valence-electron chi connectivity index (χ1n) is 9.35. The third-order valence-electron chi connectivity index (χ3n) is 4.55. The van der Waals surface area contributed by atoms with Gasteiger partial charge < -0.3 is 20.7 Å². The van der Waals surface area contributed by atoms with Crippen LogP contribution in [0.25, 0.3) is 0 Å². The number of guanidine groups is 1. The van der Waals surface area contributed by atoms with E-state index in [0.717, 1.165) is 25.7 Å². The summed E-state index contributed by atoms with van der Waals surface area (Å²) in [6, 6.07) is 6.61. The lowest BCUT2D eigenvalue weighted by molar-refractivity contribution is -0.125. The van der Waals surface area contributed by atoms with Crippen LogP contribution in [0, 0.1) is 5.92 Å². The minimum Gasteiger partial charge on any atom is -0.434 e. The number of benzene rings is 1. The van der Waals surface area contributed by atoms with Crippen LogP contribution in [0.15, 0.2) is 29.3 Å². The number of amides is 1. The summed E-state index contributed by atoms with van der Waals surface area (Å²) in [4.78, 5) is 16.2. The Bertz CT molecular complexity index is 626. The van der Waals surface area contributed by atoms with Crippen LogP contribution in [0.2, 0.25) is 0 Å². The standard InChI is InChI=1S/C19H28F2N4O2.HI/c1-22-19(24-12-11-23-17(26)14-7-3-2-4-8-14)25-13-15-9-5-6-10-16(15)27-18(20)21;/h5-6,9-10,14,18H,2-4,7-8,11-13H2,1H3,(H,23,26)(H2,22,24,25);1H. The highest BCUT2D eigenvalue weighted by Crippen LogP contribution is 2.23. The van der Waals surface area contributed by atoms with Gasteiger partial charge >= 0.3 is 6.61 Å². The summed E-state index contributed by atoms with van der Waals surface area (Å²) >= 11 is 0. The topological polar surface area (TPSA) is 74.8 Å². The molecule has 0 bridgehead atoms. The molecule has 2 rings (SSSR count). The Labute approximate surface area is 181 Å². The molecular weight excluding hydrogens is 481 g/mol. The maximum Gasteiger partial charge on any atom is 0.387 e. The smallest absolute Gasteiger partial charge is 0.387 e. The molecule has 1 aliphatic rings. The van der Waals surface area contributed by atoms with E-state index < -0.39 is 6.61 Å². The van der Waals surface area contributed by atoms with Crippen LogP contribution in [0.5, 0.6) is 5.75 Å². The van der Waals surface area contributed by atoms with Crippen molar-refractivity contribution in [3.8, 4) is 5.75 Å². The molecule has 0 atom stereocenters. The molecule has 0 saturated heterocycles. The van der Waals surface area contributed by atoms with Crippen molar-refractivity contribution in [2.45, 2.75) is 45.3 Å². The highest BCUT2D eigenvalue weighted by Gasteiger charge is 2.20. The summed E-state index contributed by atoms with van der Waals surface area (Å²) in [5, 5.41) is 9.09. The van der Waals surface area contributed by atoms with E-state index in [1.165, 1.54) is 12.5 Å². The van der Waals surface area contributed by atoms with E-state index in [4.69, 9.17) is 0 Å². The second kappa shape index (κ2) is 13.5. The van der Waals surface area contributed by atoms with Gasteiger partial charge in [-0.3, -0.25) is 9.79 Å². The number of carbonyl (C=O) groups excluding carboxylic acids is 1. The van der Waals surface area contributed by atoms with Crippen molar-refractivity contribution < 1.29 is 18.3 Å². The lowest BCUT2D eigenvalue weighted by Crippen LogP contribution is -2.42. The zero-order valence-corrected chi connectivity index (χ0v) is 18.4. The van der Waals surface area contributed by atoms with E-state index in [-0.39, 0.29) is 48.1 Å². The number of rotatable bonds is 8. The molecule has 3 N–H and O–H groups in total. The fourth-order valence-corrected chi connectivity index (χ4v) is 3.14. The lowest BCUT2D eigenvalue weighted by atomic mass is 9.89. The fourth-order valence-electron chi connectivity index (χ4n) is 3.14. The number of hydrogen-bond donors (Lipinski definition) is 3. The van der Waals surface area contributed by atoms with Crippen LogP contribution < -0.4 is 20.7 Å². The second-order valence-corrected chi connectivity index (χ2v) is 6.46. The molecule has 0 unspecified atom stereocenters. The molecular formula is C19H29F2IN4O2. The molecule has 158 valence electrons. The summed E-state index contributed by atoms with van der Waals surface area (Å²) in [6.07, 6.45) is 5.43. The zero-order chi connectivity index (χ0) is 19.5. The molecule has 1 fully saturated rings. The largest absolute Gasteiger partial charge is 0.434 e. The van der Waals surface area contributed by atoms with Gasteiger partial charge in [0.05, 0.1) is 0 Å². The Balaban J connectivity index is 0.00000392. The number of nitrogens with zero attached hydrogens (tertiary/aromatic N) is 1. The quantitative estimate of drug-likeness (QED) is 0.217. The van der Waals surface area contributed by atoms with E-state index in [0.29, 0.717) is 24.6 Å². The number of nitrogens with one attached hydrogen (secondary N) is 3. The first-order valence-corrected chi connectivity index (χ1v) is 9.35. The zero-order valence-electron chi connectivity index (χ0n) is 16.0. The predicted octanol–water partition coefficient (Wildman–Crippen LogP) is 3.27. The van der Waals surface area contributed by atoms with Gasteiger partial charge in [-0.1, -0.05) is 37.5 Å². The number of para-hydroxylation sites is 1. The van der Waals surface area contributed by atoms with Gasteiger partial charge in [-0.05, 0) is 18.9 Å². The molecule has 0 aromatic heterocycles. The maximum absolute atomic E-state index is 12.5. The molecule has 1 aliphatic carbocycles. The predicted molar refractivity (Wildman–Crippen MR) is 116 cm³/mol. The highest BCUT2D eigenvalue weighted by atomic mass is 127. The van der Waals surface area contributed by atoms with Crippen LogP contribution in [0.4, 0.5) is 8.78 Å². The minimum atomic E-state index is -2.86. The van der Waals surface area contributed by atoms with Crippen LogP contribution in [-0.4, -0.2) is 38.6 Å². The van der Waals surface area contributed by atoms with Gasteiger partial charge in [0.1, 0.15) is 5.75 Å².